The van der Waals surface area contributed by atoms with Gasteiger partial charge < -0.3 is 10.1 Å². The molecule has 0 atom stereocenters. The fourth-order valence-electron chi connectivity index (χ4n) is 3.67. The first-order valence-corrected chi connectivity index (χ1v) is 10.6. The zero-order chi connectivity index (χ0) is 22.9. The van der Waals surface area contributed by atoms with Crippen LogP contribution in [-0.2, 0) is 5.92 Å². The van der Waals surface area contributed by atoms with Crippen LogP contribution in [0.2, 0.25) is 0 Å². The summed E-state index contributed by atoms with van der Waals surface area (Å²) >= 11 is 0. The number of benzene rings is 2. The van der Waals surface area contributed by atoms with E-state index in [4.69, 9.17) is 4.74 Å². The van der Waals surface area contributed by atoms with Crippen LogP contribution in [0.3, 0.4) is 0 Å². The number of hydrogen-bond acceptors (Lipinski definition) is 4. The normalized spacial score (nSPS) is 13.7. The van der Waals surface area contributed by atoms with E-state index in [2.05, 4.69) is 15.3 Å². The highest BCUT2D eigenvalue weighted by Crippen LogP contribution is 2.41. The van der Waals surface area contributed by atoms with Crippen molar-refractivity contribution in [1.29, 1.82) is 0 Å². The molecule has 1 saturated carbocycles. The van der Waals surface area contributed by atoms with Crippen LogP contribution < -0.4 is 10.1 Å². The van der Waals surface area contributed by atoms with Gasteiger partial charge in [0.1, 0.15) is 11.6 Å². The second kappa shape index (κ2) is 8.65. The molecule has 166 valence electrons. The Hall–Kier alpha value is -3.35. The van der Waals surface area contributed by atoms with Gasteiger partial charge in [-0.2, -0.15) is 8.78 Å². The number of ether oxygens (including phenoxy) is 1. The quantitative estimate of drug-likeness (QED) is 0.523. The number of hydrogen-bond donors (Lipinski definition) is 1. The summed E-state index contributed by atoms with van der Waals surface area (Å²) in [6, 6.07) is 12.4. The van der Waals surface area contributed by atoms with Crippen molar-refractivity contribution >= 4 is 5.91 Å². The van der Waals surface area contributed by atoms with Gasteiger partial charge in [-0.25, -0.2) is 9.97 Å². The van der Waals surface area contributed by atoms with Crippen LogP contribution in [0.1, 0.15) is 57.3 Å². The number of nitrogens with one attached hydrogen (secondary N) is 1. The van der Waals surface area contributed by atoms with Gasteiger partial charge in [0, 0.05) is 5.56 Å². The van der Waals surface area contributed by atoms with Crippen molar-refractivity contribution in [2.75, 3.05) is 6.54 Å². The summed E-state index contributed by atoms with van der Waals surface area (Å²) in [6.45, 7) is 4.25. The second-order valence-corrected chi connectivity index (χ2v) is 8.28. The molecule has 0 spiro atoms. The average molecular weight is 437 g/mol. The number of nitrogens with zero attached hydrogens (tertiary/aromatic N) is 2. The van der Waals surface area contributed by atoms with Gasteiger partial charge in [-0.1, -0.05) is 35.9 Å². The van der Waals surface area contributed by atoms with E-state index in [0.717, 1.165) is 18.4 Å². The standard InChI is InChI=1S/C25H25F2N3O2/c1-15-7-10-21(16(2)11-15)25(26,27)14-29-24(31)23-22(13-28-17(3)30-23)32-20-6-4-5-19(12-20)18-8-9-18/h4-7,10-13,18H,8-9,14H2,1-3H3,(H,29,31). The van der Waals surface area contributed by atoms with Gasteiger partial charge in [-0.15, -0.1) is 0 Å². The third kappa shape index (κ3) is 4.93. The molecule has 5 nitrogen and oxygen atoms in total. The molecule has 1 amide bonds. The van der Waals surface area contributed by atoms with Crippen molar-refractivity contribution in [2.24, 2.45) is 0 Å². The molecule has 1 fully saturated rings. The Morgan fingerprint density at radius 3 is 2.66 bits per heavy atom. The van der Waals surface area contributed by atoms with E-state index in [9.17, 15) is 13.6 Å². The number of aromatic nitrogens is 2. The molecule has 4 rings (SSSR count). The molecule has 1 aromatic heterocycles. The summed E-state index contributed by atoms with van der Waals surface area (Å²) in [5.41, 5.74) is 2.35. The molecule has 1 heterocycles. The molecule has 1 aliphatic carbocycles. The van der Waals surface area contributed by atoms with Crippen molar-refractivity contribution in [1.82, 2.24) is 15.3 Å². The minimum atomic E-state index is -3.23. The lowest BCUT2D eigenvalue weighted by Gasteiger charge is -2.20. The van der Waals surface area contributed by atoms with E-state index in [1.165, 1.54) is 17.8 Å². The minimum Gasteiger partial charge on any atom is -0.453 e. The lowest BCUT2D eigenvalue weighted by molar-refractivity contribution is -0.00314. The van der Waals surface area contributed by atoms with E-state index in [1.54, 1.807) is 32.0 Å². The van der Waals surface area contributed by atoms with Crippen LogP contribution in [0, 0.1) is 20.8 Å². The van der Waals surface area contributed by atoms with Crippen molar-refractivity contribution < 1.29 is 18.3 Å². The van der Waals surface area contributed by atoms with Gasteiger partial charge in [0.15, 0.2) is 11.4 Å². The summed E-state index contributed by atoms with van der Waals surface area (Å²) < 4.78 is 35.5. The molecule has 1 aliphatic rings. The van der Waals surface area contributed by atoms with Gasteiger partial charge in [-0.3, -0.25) is 4.79 Å². The number of rotatable bonds is 7. The van der Waals surface area contributed by atoms with Gasteiger partial charge in [0.05, 0.1) is 12.7 Å². The predicted octanol–water partition coefficient (Wildman–Crippen LogP) is 5.59. The first-order chi connectivity index (χ1) is 15.2. The molecule has 32 heavy (non-hydrogen) atoms. The summed E-state index contributed by atoms with van der Waals surface area (Å²) in [5, 5.41) is 2.31. The lowest BCUT2D eigenvalue weighted by Crippen LogP contribution is -2.36. The molecule has 1 N–H and O–H groups in total. The Labute approximate surface area is 185 Å². The Morgan fingerprint density at radius 2 is 1.94 bits per heavy atom. The van der Waals surface area contributed by atoms with Crippen molar-refractivity contribution in [2.45, 2.75) is 45.5 Å². The molecular formula is C25H25F2N3O2. The van der Waals surface area contributed by atoms with Crippen LogP contribution in [0.25, 0.3) is 0 Å². The van der Waals surface area contributed by atoms with Gasteiger partial charge >= 0.3 is 0 Å². The SMILES string of the molecule is Cc1ccc(C(F)(F)CNC(=O)c2nc(C)ncc2Oc2cccc(C3CC3)c2)c(C)c1. The summed E-state index contributed by atoms with van der Waals surface area (Å²) in [5.74, 6) is -2.41. The maximum Gasteiger partial charge on any atom is 0.290 e. The van der Waals surface area contributed by atoms with Gasteiger partial charge in [-0.05, 0) is 62.8 Å². The van der Waals surface area contributed by atoms with Crippen LogP contribution in [0.5, 0.6) is 11.5 Å². The first kappa shape index (κ1) is 21.9. The van der Waals surface area contributed by atoms with E-state index in [1.807, 2.05) is 25.1 Å². The number of carbonyl (C=O) groups is 1. The van der Waals surface area contributed by atoms with E-state index in [0.29, 0.717) is 23.1 Å². The Bertz CT molecular complexity index is 1160. The van der Waals surface area contributed by atoms with Crippen LogP contribution in [0.4, 0.5) is 8.78 Å². The van der Waals surface area contributed by atoms with Crippen LogP contribution >= 0.6 is 0 Å². The topological polar surface area (TPSA) is 64.1 Å². The lowest BCUT2D eigenvalue weighted by atomic mass is 10.0. The van der Waals surface area contributed by atoms with Crippen LogP contribution in [0.15, 0.2) is 48.7 Å². The highest BCUT2D eigenvalue weighted by atomic mass is 19.3. The molecule has 2 aromatic carbocycles. The van der Waals surface area contributed by atoms with E-state index in [-0.39, 0.29) is 17.0 Å². The monoisotopic (exact) mass is 437 g/mol. The Balaban J connectivity index is 1.52. The van der Waals surface area contributed by atoms with Gasteiger partial charge in [0.25, 0.3) is 11.8 Å². The number of carbonyl (C=O) groups excluding carboxylic acids is 1. The van der Waals surface area contributed by atoms with Crippen LogP contribution in [-0.4, -0.2) is 22.4 Å². The van der Waals surface area contributed by atoms with Crippen molar-refractivity contribution in [3.8, 4) is 11.5 Å². The molecule has 0 unspecified atom stereocenters. The molecule has 0 radical (unpaired) electrons. The minimum absolute atomic E-state index is 0.0780. The van der Waals surface area contributed by atoms with E-state index >= 15 is 0 Å². The molecule has 0 saturated heterocycles. The first-order valence-electron chi connectivity index (χ1n) is 10.6. The van der Waals surface area contributed by atoms with Gasteiger partial charge in [0.2, 0.25) is 0 Å². The van der Waals surface area contributed by atoms with E-state index < -0.39 is 18.4 Å². The smallest absolute Gasteiger partial charge is 0.290 e. The average Bonchev–Trinajstić information content (AvgIpc) is 3.59. The summed E-state index contributed by atoms with van der Waals surface area (Å²) in [7, 11) is 0. The highest BCUT2D eigenvalue weighted by Gasteiger charge is 2.34. The predicted molar refractivity (Wildman–Crippen MR) is 117 cm³/mol. The zero-order valence-corrected chi connectivity index (χ0v) is 18.3. The maximum absolute atomic E-state index is 14.8. The third-order valence-electron chi connectivity index (χ3n) is 5.47. The highest BCUT2D eigenvalue weighted by molar-refractivity contribution is 5.95. The molecule has 7 heteroatoms. The Morgan fingerprint density at radius 1 is 1.16 bits per heavy atom. The number of alkyl halides is 2. The van der Waals surface area contributed by atoms with Crippen molar-refractivity contribution in [3.05, 3.63) is 82.4 Å². The fraction of sp³-hybridized carbons (Fsp3) is 0.320. The third-order valence-corrected chi connectivity index (χ3v) is 5.47. The molecule has 0 bridgehead atoms. The maximum atomic E-state index is 14.8. The zero-order valence-electron chi connectivity index (χ0n) is 18.3. The number of aryl methyl sites for hydroxylation is 3. The van der Waals surface area contributed by atoms with Crippen molar-refractivity contribution in [3.63, 3.8) is 0 Å². The fourth-order valence-corrected chi connectivity index (χ4v) is 3.67. The Kier molecular flexibility index (Phi) is 5.91. The molecule has 3 aromatic rings. The second-order valence-electron chi connectivity index (χ2n) is 8.28. The summed E-state index contributed by atoms with van der Waals surface area (Å²) in [6.07, 6.45) is 3.70. The molecule has 0 aliphatic heterocycles. The number of halogens is 2. The largest absolute Gasteiger partial charge is 0.453 e. The molecular weight excluding hydrogens is 412 g/mol. The number of amides is 1. The summed E-state index contributed by atoms with van der Waals surface area (Å²) in [4.78, 5) is 21.0.